The molecule has 1 saturated heterocycles. The highest BCUT2D eigenvalue weighted by Gasteiger charge is 2.62. The van der Waals surface area contributed by atoms with Crippen LogP contribution < -0.4 is 0 Å². The summed E-state index contributed by atoms with van der Waals surface area (Å²) in [6, 6.07) is 0. The van der Waals surface area contributed by atoms with Gasteiger partial charge in [-0.1, -0.05) is 55.4 Å². The Morgan fingerprint density at radius 2 is 0.708 bits per heavy atom. The van der Waals surface area contributed by atoms with Gasteiger partial charge in [-0.15, -0.1) is 0 Å². The molecule has 140 valence electrons. The van der Waals surface area contributed by atoms with Gasteiger partial charge in [0, 0.05) is 23.7 Å². The summed E-state index contributed by atoms with van der Waals surface area (Å²) in [5.41, 5.74) is 0.586. The highest BCUT2D eigenvalue weighted by Crippen LogP contribution is 2.56. The molecule has 1 heterocycles. The van der Waals surface area contributed by atoms with Crippen molar-refractivity contribution in [3.05, 3.63) is 0 Å². The van der Waals surface area contributed by atoms with Crippen LogP contribution in [0, 0.1) is 34.5 Å². The Labute approximate surface area is 147 Å². The van der Waals surface area contributed by atoms with E-state index in [0.29, 0.717) is 10.8 Å². The smallest absolute Gasteiger partial charge is 0.194 e. The molecule has 3 rings (SSSR count). The first-order valence-corrected chi connectivity index (χ1v) is 9.66. The lowest BCUT2D eigenvalue weighted by atomic mass is 9.64. The second-order valence-corrected chi connectivity index (χ2v) is 10.5. The summed E-state index contributed by atoms with van der Waals surface area (Å²) in [6.45, 7) is 18.0. The zero-order chi connectivity index (χ0) is 18.0. The van der Waals surface area contributed by atoms with Crippen molar-refractivity contribution in [2.75, 3.05) is 0 Å². The van der Waals surface area contributed by atoms with Crippen molar-refractivity contribution in [3.8, 4) is 0 Å². The van der Waals surface area contributed by atoms with Crippen LogP contribution in [0.2, 0.25) is 0 Å². The molecule has 4 heteroatoms. The Morgan fingerprint density at radius 3 is 0.917 bits per heavy atom. The molecular formula is C20H36O4. The zero-order valence-electron chi connectivity index (χ0n) is 16.8. The summed E-state index contributed by atoms with van der Waals surface area (Å²) in [6.07, 6.45) is 4.15. The first kappa shape index (κ1) is 18.6. The predicted octanol–water partition coefficient (Wildman–Crippen LogP) is 5.47. The van der Waals surface area contributed by atoms with Gasteiger partial charge in [0.25, 0.3) is 0 Å². The molecule has 1 aliphatic heterocycles. The average molecular weight is 341 g/mol. The molecule has 3 aliphatic rings. The minimum atomic E-state index is -0.785. The molecule has 0 aromatic rings. The summed E-state index contributed by atoms with van der Waals surface area (Å²) in [5, 5.41) is 0. The first-order valence-electron chi connectivity index (χ1n) is 9.66. The van der Waals surface area contributed by atoms with Crippen LogP contribution >= 0.6 is 0 Å². The summed E-state index contributed by atoms with van der Waals surface area (Å²) in [7, 11) is 0. The predicted molar refractivity (Wildman–Crippen MR) is 92.5 cm³/mol. The van der Waals surface area contributed by atoms with E-state index in [9.17, 15) is 0 Å². The van der Waals surface area contributed by atoms with Gasteiger partial charge in [-0.25, -0.2) is 0 Å². The van der Waals surface area contributed by atoms with Crippen molar-refractivity contribution in [2.45, 2.75) is 92.6 Å². The van der Waals surface area contributed by atoms with Crippen LogP contribution in [-0.2, 0) is 19.6 Å². The first-order chi connectivity index (χ1) is 10.9. The minimum Gasteiger partial charge on any atom is -0.194 e. The fourth-order valence-electron chi connectivity index (χ4n) is 5.97. The van der Waals surface area contributed by atoms with Crippen LogP contribution in [0.25, 0.3) is 0 Å². The maximum atomic E-state index is 6.08. The third kappa shape index (κ3) is 2.84. The largest absolute Gasteiger partial charge is 0.239 e. The van der Waals surface area contributed by atoms with Gasteiger partial charge in [0.05, 0.1) is 0 Å². The van der Waals surface area contributed by atoms with E-state index in [1.165, 1.54) is 0 Å². The van der Waals surface area contributed by atoms with Crippen molar-refractivity contribution in [3.63, 3.8) is 0 Å². The summed E-state index contributed by atoms with van der Waals surface area (Å²) < 4.78 is 0. The van der Waals surface area contributed by atoms with Crippen LogP contribution in [0.3, 0.4) is 0 Å². The molecule has 4 unspecified atom stereocenters. The summed E-state index contributed by atoms with van der Waals surface area (Å²) >= 11 is 0. The Balaban J connectivity index is 1.78. The lowest BCUT2D eigenvalue weighted by Crippen LogP contribution is -2.64. The fraction of sp³-hybridized carbons (Fsp3) is 1.00. The Morgan fingerprint density at radius 1 is 0.500 bits per heavy atom. The second kappa shape index (κ2) is 5.67. The van der Waals surface area contributed by atoms with Gasteiger partial charge in [0.2, 0.25) is 11.6 Å². The van der Waals surface area contributed by atoms with Crippen LogP contribution in [0.15, 0.2) is 0 Å². The van der Waals surface area contributed by atoms with Crippen LogP contribution in [0.5, 0.6) is 0 Å². The number of hydrogen-bond donors (Lipinski definition) is 0. The molecule has 0 aromatic heterocycles. The van der Waals surface area contributed by atoms with Crippen molar-refractivity contribution in [1.82, 2.24) is 0 Å². The van der Waals surface area contributed by atoms with E-state index in [-0.39, 0.29) is 23.7 Å². The lowest BCUT2D eigenvalue weighted by molar-refractivity contribution is -0.688. The van der Waals surface area contributed by atoms with E-state index in [0.717, 1.165) is 25.7 Å². The van der Waals surface area contributed by atoms with Gasteiger partial charge in [-0.05, 0) is 36.5 Å². The lowest BCUT2D eigenvalue weighted by Gasteiger charge is -2.57. The molecule has 2 spiro atoms. The maximum Gasteiger partial charge on any atom is 0.239 e. The van der Waals surface area contributed by atoms with Gasteiger partial charge >= 0.3 is 0 Å². The molecule has 2 saturated carbocycles. The molecular weight excluding hydrogens is 304 g/mol. The normalized spacial score (nSPS) is 51.0. The zero-order valence-corrected chi connectivity index (χ0v) is 16.8. The number of hydrogen-bond acceptors (Lipinski definition) is 4. The quantitative estimate of drug-likeness (QED) is 0.548. The van der Waals surface area contributed by atoms with Crippen molar-refractivity contribution in [2.24, 2.45) is 34.5 Å². The van der Waals surface area contributed by atoms with E-state index in [4.69, 9.17) is 19.6 Å². The molecule has 0 N–H and O–H groups in total. The topological polar surface area (TPSA) is 36.9 Å². The highest BCUT2D eigenvalue weighted by molar-refractivity contribution is 4.96. The Bertz CT molecular complexity index is 400. The molecule has 0 bridgehead atoms. The van der Waals surface area contributed by atoms with Crippen molar-refractivity contribution < 1.29 is 19.6 Å². The maximum absolute atomic E-state index is 6.08. The van der Waals surface area contributed by atoms with E-state index < -0.39 is 11.6 Å². The average Bonchev–Trinajstić information content (AvgIpc) is 2.42. The third-order valence-electron chi connectivity index (χ3n) is 6.79. The van der Waals surface area contributed by atoms with Gasteiger partial charge < -0.3 is 0 Å². The van der Waals surface area contributed by atoms with Crippen LogP contribution in [0.1, 0.15) is 81.1 Å². The van der Waals surface area contributed by atoms with Gasteiger partial charge in [-0.3, -0.25) is 0 Å². The monoisotopic (exact) mass is 340 g/mol. The SMILES string of the molecule is CC1CC(C)(C)CC(C)C12OOC1(OO2)C(C)CC(C)(C)CC1C. The Hall–Kier alpha value is -0.160. The highest BCUT2D eigenvalue weighted by atomic mass is 17.4. The van der Waals surface area contributed by atoms with E-state index >= 15 is 0 Å². The molecule has 4 atom stereocenters. The summed E-state index contributed by atoms with van der Waals surface area (Å²) in [4.78, 5) is 24.3. The second-order valence-electron chi connectivity index (χ2n) is 10.5. The van der Waals surface area contributed by atoms with E-state index in [2.05, 4.69) is 55.4 Å². The molecule has 0 aromatic carbocycles. The summed E-state index contributed by atoms with van der Waals surface area (Å²) in [5.74, 6) is -0.683. The minimum absolute atomic E-state index is 0.222. The third-order valence-corrected chi connectivity index (χ3v) is 6.79. The van der Waals surface area contributed by atoms with Gasteiger partial charge in [0.15, 0.2) is 0 Å². The van der Waals surface area contributed by atoms with Crippen LogP contribution in [0.4, 0.5) is 0 Å². The Kier molecular flexibility index (Phi) is 4.40. The molecule has 24 heavy (non-hydrogen) atoms. The van der Waals surface area contributed by atoms with Crippen molar-refractivity contribution >= 4 is 0 Å². The molecule has 4 nitrogen and oxygen atoms in total. The molecule has 2 aliphatic carbocycles. The van der Waals surface area contributed by atoms with Crippen LogP contribution in [-0.4, -0.2) is 11.6 Å². The number of rotatable bonds is 0. The van der Waals surface area contributed by atoms with Gasteiger partial charge in [0.1, 0.15) is 0 Å². The molecule has 3 fully saturated rings. The van der Waals surface area contributed by atoms with Gasteiger partial charge in [-0.2, -0.15) is 19.6 Å². The van der Waals surface area contributed by atoms with E-state index in [1.54, 1.807) is 0 Å². The standard InChI is InChI=1S/C20H36O4/c1-13-9-17(5,6)10-14(2)19(13)21-23-20(24-22-19)15(3)11-18(7,8)12-16(20)4/h13-16H,9-12H2,1-8H3. The molecule has 0 radical (unpaired) electrons. The van der Waals surface area contributed by atoms with Crippen molar-refractivity contribution in [1.29, 1.82) is 0 Å². The fourth-order valence-corrected chi connectivity index (χ4v) is 5.97. The van der Waals surface area contributed by atoms with E-state index in [1.807, 2.05) is 0 Å². The molecule has 0 amide bonds.